The van der Waals surface area contributed by atoms with Crippen LogP contribution < -0.4 is 0 Å². The van der Waals surface area contributed by atoms with E-state index in [2.05, 4.69) is 4.98 Å². The van der Waals surface area contributed by atoms with Crippen molar-refractivity contribution in [3.8, 4) is 0 Å². The van der Waals surface area contributed by atoms with Crippen LogP contribution in [0.15, 0.2) is 6.07 Å². The standard InChI is InChI=1S/C8H3F6NO2/c9-4-2(8(12,13)14)1-3(6(10)11)15-5(4)7(16)17/h1,6H,(H,16,17). The van der Waals surface area contributed by atoms with E-state index in [1.807, 2.05) is 0 Å². The van der Waals surface area contributed by atoms with Gasteiger partial charge in [0.25, 0.3) is 6.43 Å². The summed E-state index contributed by atoms with van der Waals surface area (Å²) in [6.07, 6.45) is -8.71. The van der Waals surface area contributed by atoms with Gasteiger partial charge < -0.3 is 5.11 Å². The Hall–Kier alpha value is -1.80. The van der Waals surface area contributed by atoms with E-state index in [-0.39, 0.29) is 6.07 Å². The predicted octanol–water partition coefficient (Wildman–Crippen LogP) is 2.88. The Morgan fingerprint density at radius 2 is 1.88 bits per heavy atom. The summed E-state index contributed by atoms with van der Waals surface area (Å²) in [7, 11) is 0. The molecular weight excluding hydrogens is 256 g/mol. The van der Waals surface area contributed by atoms with Gasteiger partial charge in [-0.05, 0) is 6.07 Å². The number of pyridine rings is 1. The molecule has 0 aliphatic heterocycles. The van der Waals surface area contributed by atoms with Gasteiger partial charge in [0, 0.05) is 0 Å². The molecule has 1 aromatic heterocycles. The van der Waals surface area contributed by atoms with Crippen molar-refractivity contribution in [2.24, 2.45) is 0 Å². The summed E-state index contributed by atoms with van der Waals surface area (Å²) in [6.45, 7) is 0. The number of carboxylic acid groups (broad SMARTS) is 1. The highest BCUT2D eigenvalue weighted by Gasteiger charge is 2.38. The molecule has 17 heavy (non-hydrogen) atoms. The molecule has 0 aliphatic carbocycles. The first-order valence-electron chi connectivity index (χ1n) is 3.93. The van der Waals surface area contributed by atoms with Crippen LogP contribution in [0, 0.1) is 5.82 Å². The molecule has 9 heteroatoms. The maximum atomic E-state index is 13.1. The second-order valence-electron chi connectivity index (χ2n) is 2.86. The van der Waals surface area contributed by atoms with E-state index >= 15 is 0 Å². The van der Waals surface area contributed by atoms with E-state index in [0.717, 1.165) is 0 Å². The van der Waals surface area contributed by atoms with Crippen LogP contribution in [0.1, 0.15) is 28.2 Å². The normalized spacial score (nSPS) is 11.9. The number of halogens is 6. The largest absolute Gasteiger partial charge is 0.476 e. The summed E-state index contributed by atoms with van der Waals surface area (Å²) >= 11 is 0. The van der Waals surface area contributed by atoms with E-state index in [1.165, 1.54) is 0 Å². The second-order valence-corrected chi connectivity index (χ2v) is 2.86. The predicted molar refractivity (Wildman–Crippen MR) is 41.1 cm³/mol. The number of nitrogens with zero attached hydrogens (tertiary/aromatic N) is 1. The van der Waals surface area contributed by atoms with Gasteiger partial charge in [0.1, 0.15) is 5.69 Å². The van der Waals surface area contributed by atoms with Crippen molar-refractivity contribution in [3.63, 3.8) is 0 Å². The fourth-order valence-electron chi connectivity index (χ4n) is 1.01. The van der Waals surface area contributed by atoms with Crippen molar-refractivity contribution < 1.29 is 36.2 Å². The lowest BCUT2D eigenvalue weighted by Crippen LogP contribution is -2.16. The molecule has 0 aromatic carbocycles. The highest BCUT2D eigenvalue weighted by Crippen LogP contribution is 2.34. The number of hydrogen-bond donors (Lipinski definition) is 1. The van der Waals surface area contributed by atoms with E-state index in [4.69, 9.17) is 5.11 Å². The third-order valence-corrected chi connectivity index (χ3v) is 1.71. The number of aromatic carboxylic acids is 1. The van der Waals surface area contributed by atoms with Crippen LogP contribution in [0.25, 0.3) is 0 Å². The van der Waals surface area contributed by atoms with E-state index in [9.17, 15) is 31.1 Å². The summed E-state index contributed by atoms with van der Waals surface area (Å²) in [5.74, 6) is -4.34. The van der Waals surface area contributed by atoms with Gasteiger partial charge in [0.2, 0.25) is 0 Å². The van der Waals surface area contributed by atoms with Crippen molar-refractivity contribution in [3.05, 3.63) is 28.8 Å². The summed E-state index contributed by atoms with van der Waals surface area (Å²) < 4.78 is 74.1. The van der Waals surface area contributed by atoms with Gasteiger partial charge in [-0.25, -0.2) is 22.9 Å². The Labute approximate surface area is 89.7 Å². The van der Waals surface area contributed by atoms with Crippen molar-refractivity contribution in [1.29, 1.82) is 0 Å². The minimum atomic E-state index is -5.28. The monoisotopic (exact) mass is 259 g/mol. The zero-order chi connectivity index (χ0) is 13.4. The molecule has 0 amide bonds. The highest BCUT2D eigenvalue weighted by atomic mass is 19.4. The summed E-state index contributed by atoms with van der Waals surface area (Å²) in [4.78, 5) is 13.0. The summed E-state index contributed by atoms with van der Waals surface area (Å²) in [5, 5.41) is 8.35. The summed E-state index contributed by atoms with van der Waals surface area (Å²) in [6, 6.07) is -0.216. The Bertz CT molecular complexity index is 456. The molecule has 0 radical (unpaired) electrons. The maximum Gasteiger partial charge on any atom is 0.419 e. The van der Waals surface area contributed by atoms with Gasteiger partial charge in [-0.15, -0.1) is 0 Å². The first-order valence-corrected chi connectivity index (χ1v) is 3.93. The van der Waals surface area contributed by atoms with Crippen molar-refractivity contribution >= 4 is 5.97 Å². The van der Waals surface area contributed by atoms with E-state index < -0.39 is 41.3 Å². The Balaban J connectivity index is 3.55. The molecule has 1 heterocycles. The van der Waals surface area contributed by atoms with Crippen LogP contribution in [-0.4, -0.2) is 16.1 Å². The third-order valence-electron chi connectivity index (χ3n) is 1.71. The Morgan fingerprint density at radius 1 is 1.35 bits per heavy atom. The lowest BCUT2D eigenvalue weighted by molar-refractivity contribution is -0.140. The van der Waals surface area contributed by atoms with Crippen LogP contribution in [0.2, 0.25) is 0 Å². The molecule has 0 spiro atoms. The van der Waals surface area contributed by atoms with Crippen LogP contribution in [0.3, 0.4) is 0 Å². The van der Waals surface area contributed by atoms with Gasteiger partial charge >= 0.3 is 12.1 Å². The van der Waals surface area contributed by atoms with Gasteiger partial charge in [-0.3, -0.25) is 0 Å². The zero-order valence-corrected chi connectivity index (χ0v) is 7.73. The topological polar surface area (TPSA) is 50.2 Å². The lowest BCUT2D eigenvalue weighted by atomic mass is 10.1. The van der Waals surface area contributed by atoms with Crippen molar-refractivity contribution in [1.82, 2.24) is 4.98 Å². The average Bonchev–Trinajstić information content (AvgIpc) is 2.15. The summed E-state index contributed by atoms with van der Waals surface area (Å²) in [5.41, 5.74) is -5.22. The number of aromatic nitrogens is 1. The van der Waals surface area contributed by atoms with Crippen LogP contribution in [0.5, 0.6) is 0 Å². The van der Waals surface area contributed by atoms with Gasteiger partial charge in [-0.2, -0.15) is 13.2 Å². The number of rotatable bonds is 2. The molecule has 3 nitrogen and oxygen atoms in total. The quantitative estimate of drug-likeness (QED) is 0.831. The average molecular weight is 259 g/mol. The first-order chi connectivity index (χ1) is 7.64. The minimum Gasteiger partial charge on any atom is -0.476 e. The molecule has 94 valence electrons. The van der Waals surface area contributed by atoms with Gasteiger partial charge in [0.05, 0.1) is 5.56 Å². The molecule has 0 aliphatic rings. The zero-order valence-electron chi connectivity index (χ0n) is 7.73. The fourth-order valence-corrected chi connectivity index (χ4v) is 1.01. The maximum absolute atomic E-state index is 13.1. The van der Waals surface area contributed by atoms with Crippen LogP contribution >= 0.6 is 0 Å². The highest BCUT2D eigenvalue weighted by molar-refractivity contribution is 5.86. The molecule has 0 saturated heterocycles. The third kappa shape index (κ3) is 2.66. The number of carboxylic acids is 1. The van der Waals surface area contributed by atoms with E-state index in [1.54, 1.807) is 0 Å². The van der Waals surface area contributed by atoms with Crippen LogP contribution in [0.4, 0.5) is 26.3 Å². The molecule has 1 N–H and O–H groups in total. The van der Waals surface area contributed by atoms with Gasteiger partial charge in [-0.1, -0.05) is 0 Å². The number of hydrogen-bond acceptors (Lipinski definition) is 2. The SMILES string of the molecule is O=C(O)c1nc(C(F)F)cc(C(F)(F)F)c1F. The molecule has 0 unspecified atom stereocenters. The van der Waals surface area contributed by atoms with Crippen molar-refractivity contribution in [2.75, 3.05) is 0 Å². The first kappa shape index (κ1) is 13.3. The minimum absolute atomic E-state index is 0.216. The Morgan fingerprint density at radius 3 is 2.24 bits per heavy atom. The number of carbonyl (C=O) groups is 1. The molecule has 1 aromatic rings. The molecule has 0 atom stereocenters. The molecule has 0 bridgehead atoms. The Kier molecular flexibility index (Phi) is 3.30. The van der Waals surface area contributed by atoms with Crippen molar-refractivity contribution in [2.45, 2.75) is 12.6 Å². The van der Waals surface area contributed by atoms with Crippen LogP contribution in [-0.2, 0) is 6.18 Å². The second kappa shape index (κ2) is 4.22. The van der Waals surface area contributed by atoms with E-state index in [0.29, 0.717) is 0 Å². The fraction of sp³-hybridized carbons (Fsp3) is 0.250. The molecular formula is C8H3F6NO2. The molecule has 1 rings (SSSR count). The smallest absolute Gasteiger partial charge is 0.419 e. The van der Waals surface area contributed by atoms with Gasteiger partial charge in [0.15, 0.2) is 11.5 Å². The molecule has 0 saturated carbocycles. The molecule has 0 fully saturated rings. The lowest BCUT2D eigenvalue weighted by Gasteiger charge is -2.11. The number of alkyl halides is 5.